The Labute approximate surface area is 185 Å². The fourth-order valence-corrected chi connectivity index (χ4v) is 2.97. The number of hydrazine groups is 1. The molecule has 1 aromatic heterocycles. The first kappa shape index (κ1) is 22.7. The molecule has 4 N–H and O–H groups in total. The fourth-order valence-electron chi connectivity index (χ4n) is 2.97. The molecule has 2 amide bonds. The van der Waals surface area contributed by atoms with Crippen LogP contribution in [0, 0.1) is 6.92 Å². The van der Waals surface area contributed by atoms with Crippen LogP contribution in [0.2, 0.25) is 0 Å². The van der Waals surface area contributed by atoms with Crippen molar-refractivity contribution in [3.63, 3.8) is 0 Å². The molecule has 32 heavy (non-hydrogen) atoms. The third-order valence-electron chi connectivity index (χ3n) is 4.58. The maximum absolute atomic E-state index is 12.8. The highest BCUT2D eigenvalue weighted by atomic mass is 16.6. The summed E-state index contributed by atoms with van der Waals surface area (Å²) in [6.07, 6.45) is 0.410. The van der Waals surface area contributed by atoms with Crippen molar-refractivity contribution in [2.24, 2.45) is 5.84 Å². The van der Waals surface area contributed by atoms with E-state index in [1.54, 1.807) is 58.0 Å². The zero-order valence-electron chi connectivity index (χ0n) is 18.3. The van der Waals surface area contributed by atoms with Gasteiger partial charge in [0.2, 0.25) is 0 Å². The molecule has 0 aliphatic heterocycles. The van der Waals surface area contributed by atoms with Crippen LogP contribution in [0.3, 0.4) is 0 Å². The lowest BCUT2D eigenvalue weighted by Crippen LogP contribution is -2.45. The Kier molecular flexibility index (Phi) is 6.13. The minimum Gasteiger partial charge on any atom is -0.442 e. The van der Waals surface area contributed by atoms with E-state index in [9.17, 15) is 14.4 Å². The molecule has 0 radical (unpaired) electrons. The number of amides is 2. The second kappa shape index (κ2) is 8.64. The van der Waals surface area contributed by atoms with Crippen LogP contribution in [0.15, 0.2) is 54.7 Å². The van der Waals surface area contributed by atoms with Gasteiger partial charge >= 0.3 is 6.09 Å². The summed E-state index contributed by atoms with van der Waals surface area (Å²) in [4.78, 5) is 37.7. The predicted molar refractivity (Wildman–Crippen MR) is 119 cm³/mol. The number of anilines is 1. The smallest absolute Gasteiger partial charge is 0.432 e. The second-order valence-corrected chi connectivity index (χ2v) is 8.21. The number of hydrogen-bond acceptors (Lipinski definition) is 7. The minimum atomic E-state index is -0.973. The van der Waals surface area contributed by atoms with Crippen LogP contribution in [0.25, 0.3) is 5.69 Å². The van der Waals surface area contributed by atoms with Crippen molar-refractivity contribution in [3.8, 4) is 5.69 Å². The highest BCUT2D eigenvalue weighted by Crippen LogP contribution is 2.24. The Hall–Kier alpha value is -3.98. The van der Waals surface area contributed by atoms with E-state index in [1.807, 2.05) is 6.07 Å². The van der Waals surface area contributed by atoms with E-state index < -0.39 is 17.6 Å². The molecule has 9 heteroatoms. The number of rotatable bonds is 4. The first-order valence-electron chi connectivity index (χ1n) is 9.86. The Morgan fingerprint density at radius 3 is 2.31 bits per heavy atom. The van der Waals surface area contributed by atoms with Gasteiger partial charge in [0.1, 0.15) is 11.4 Å². The number of nitrogens with zero attached hydrogens (tertiary/aromatic N) is 3. The molecule has 1 heterocycles. The number of hydrogen-bond donors (Lipinski definition) is 2. The van der Waals surface area contributed by atoms with E-state index in [0.717, 1.165) is 5.56 Å². The lowest BCUT2D eigenvalue weighted by Gasteiger charge is -2.23. The summed E-state index contributed by atoms with van der Waals surface area (Å²) in [5.74, 6) is 4.79. The topological polar surface area (TPSA) is 134 Å². The largest absolute Gasteiger partial charge is 0.442 e. The van der Waals surface area contributed by atoms with Gasteiger partial charge in [-0.05, 0) is 45.4 Å². The molecule has 0 aliphatic rings. The molecule has 166 valence electrons. The SMILES string of the molecule is Cc1ccc(C(=O)N(N)C(=O)OC(C)(C)C)cc1-n1ncc(C(=O)c2ccccc2)c1N. The Morgan fingerprint density at radius 1 is 1.03 bits per heavy atom. The Bertz CT molecular complexity index is 1180. The molecule has 0 saturated carbocycles. The van der Waals surface area contributed by atoms with Gasteiger partial charge in [-0.3, -0.25) is 9.59 Å². The van der Waals surface area contributed by atoms with Crippen LogP contribution in [0.4, 0.5) is 10.6 Å². The fraction of sp³-hybridized carbons (Fsp3) is 0.217. The molecule has 3 aromatic rings. The van der Waals surface area contributed by atoms with E-state index in [2.05, 4.69) is 5.10 Å². The lowest BCUT2D eigenvalue weighted by atomic mass is 10.1. The molecule has 0 saturated heterocycles. The summed E-state index contributed by atoms with van der Waals surface area (Å²) in [5.41, 5.74) is 7.49. The van der Waals surface area contributed by atoms with Crippen LogP contribution >= 0.6 is 0 Å². The average molecular weight is 435 g/mol. The average Bonchev–Trinajstić information content (AvgIpc) is 3.13. The van der Waals surface area contributed by atoms with E-state index >= 15 is 0 Å². The molecular formula is C23H25N5O4. The molecule has 0 fully saturated rings. The van der Waals surface area contributed by atoms with Crippen molar-refractivity contribution < 1.29 is 19.1 Å². The molecular weight excluding hydrogens is 410 g/mol. The summed E-state index contributed by atoms with van der Waals surface area (Å²) >= 11 is 0. The molecule has 3 rings (SSSR count). The highest BCUT2D eigenvalue weighted by Gasteiger charge is 2.26. The molecule has 0 atom stereocenters. The van der Waals surface area contributed by atoms with Gasteiger partial charge in [0, 0.05) is 11.1 Å². The summed E-state index contributed by atoms with van der Waals surface area (Å²) in [6.45, 7) is 6.81. The van der Waals surface area contributed by atoms with E-state index in [-0.39, 0.29) is 22.7 Å². The Morgan fingerprint density at radius 2 is 1.69 bits per heavy atom. The zero-order chi connectivity index (χ0) is 23.6. The van der Waals surface area contributed by atoms with Crippen molar-refractivity contribution >= 4 is 23.6 Å². The number of aryl methyl sites for hydroxylation is 1. The molecule has 9 nitrogen and oxygen atoms in total. The second-order valence-electron chi connectivity index (χ2n) is 8.21. The summed E-state index contributed by atoms with van der Waals surface area (Å²) < 4.78 is 6.51. The number of ketones is 1. The standard InChI is InChI=1S/C23H25N5O4/c1-14-10-11-16(21(30)27(25)22(31)32-23(2,3)4)12-18(14)28-20(24)17(13-26-28)19(29)15-8-6-5-7-9-15/h5-13H,24-25H2,1-4H3. The van der Waals surface area contributed by atoms with Gasteiger partial charge in [0.25, 0.3) is 5.91 Å². The number of carbonyl (C=O) groups is 3. The molecule has 2 aromatic carbocycles. The van der Waals surface area contributed by atoms with Crippen molar-refractivity contribution in [3.05, 3.63) is 77.0 Å². The minimum absolute atomic E-state index is 0.128. The van der Waals surface area contributed by atoms with Crippen molar-refractivity contribution in [1.82, 2.24) is 14.8 Å². The van der Waals surface area contributed by atoms with Gasteiger partial charge in [0.05, 0.1) is 17.4 Å². The van der Waals surface area contributed by atoms with Crippen LogP contribution in [-0.2, 0) is 4.74 Å². The van der Waals surface area contributed by atoms with E-state index in [1.165, 1.54) is 23.0 Å². The molecule has 0 aliphatic carbocycles. The first-order chi connectivity index (χ1) is 15.0. The number of imide groups is 1. The third-order valence-corrected chi connectivity index (χ3v) is 4.58. The van der Waals surface area contributed by atoms with E-state index in [0.29, 0.717) is 16.3 Å². The van der Waals surface area contributed by atoms with Gasteiger partial charge in [-0.15, -0.1) is 0 Å². The molecule has 0 bridgehead atoms. The van der Waals surface area contributed by atoms with Gasteiger partial charge in [0.15, 0.2) is 5.78 Å². The third kappa shape index (κ3) is 4.68. The van der Waals surface area contributed by atoms with Crippen LogP contribution in [0.5, 0.6) is 0 Å². The van der Waals surface area contributed by atoms with E-state index in [4.69, 9.17) is 16.3 Å². The highest BCUT2D eigenvalue weighted by molar-refractivity contribution is 6.11. The molecule has 0 spiro atoms. The first-order valence-corrected chi connectivity index (χ1v) is 9.86. The zero-order valence-corrected chi connectivity index (χ0v) is 18.3. The van der Waals surface area contributed by atoms with Crippen molar-refractivity contribution in [2.75, 3.05) is 5.73 Å². The van der Waals surface area contributed by atoms with Crippen molar-refractivity contribution in [1.29, 1.82) is 0 Å². The van der Waals surface area contributed by atoms with Crippen LogP contribution in [0.1, 0.15) is 52.6 Å². The Balaban J connectivity index is 1.93. The number of aromatic nitrogens is 2. The van der Waals surface area contributed by atoms with Crippen molar-refractivity contribution in [2.45, 2.75) is 33.3 Å². The van der Waals surface area contributed by atoms with Gasteiger partial charge in [-0.1, -0.05) is 36.4 Å². The summed E-state index contributed by atoms with van der Waals surface area (Å²) in [6, 6.07) is 13.4. The lowest BCUT2D eigenvalue weighted by molar-refractivity contribution is 0.0239. The maximum Gasteiger partial charge on any atom is 0.432 e. The van der Waals surface area contributed by atoms with Gasteiger partial charge in [-0.25, -0.2) is 15.3 Å². The summed E-state index contributed by atoms with van der Waals surface area (Å²) in [5, 5.41) is 4.66. The summed E-state index contributed by atoms with van der Waals surface area (Å²) in [7, 11) is 0. The number of nitrogen functional groups attached to an aromatic ring is 1. The quantitative estimate of drug-likeness (QED) is 0.278. The maximum atomic E-state index is 12.8. The molecule has 0 unspecified atom stereocenters. The van der Waals surface area contributed by atoms with Crippen LogP contribution in [-0.4, -0.2) is 38.2 Å². The van der Waals surface area contributed by atoms with Crippen LogP contribution < -0.4 is 11.6 Å². The number of nitrogens with two attached hydrogens (primary N) is 2. The number of carbonyl (C=O) groups excluding carboxylic acids is 3. The van der Waals surface area contributed by atoms with Gasteiger partial charge in [-0.2, -0.15) is 10.1 Å². The predicted octanol–water partition coefficient (Wildman–Crippen LogP) is 3.24. The normalized spacial score (nSPS) is 11.2. The van der Waals surface area contributed by atoms with Gasteiger partial charge < -0.3 is 10.5 Å². The monoisotopic (exact) mass is 435 g/mol. The number of ether oxygens (including phenoxy) is 1. The number of benzene rings is 2.